The predicted molar refractivity (Wildman–Crippen MR) is 76.8 cm³/mol. The van der Waals surface area contributed by atoms with Crippen molar-refractivity contribution in [3.8, 4) is 0 Å². The molecule has 0 amide bonds. The molecule has 2 nitrogen and oxygen atoms in total. The summed E-state index contributed by atoms with van der Waals surface area (Å²) in [6, 6.07) is 9.67. The summed E-state index contributed by atoms with van der Waals surface area (Å²) in [5.74, 6) is -0.381. The van der Waals surface area contributed by atoms with Crippen molar-refractivity contribution >= 4 is 42.6 Å². The van der Waals surface area contributed by atoms with Crippen LogP contribution in [0.5, 0.6) is 0 Å². The Kier molecular flexibility index (Phi) is 4.95. The average molecular weight is 362 g/mol. The van der Waals surface area contributed by atoms with Crippen LogP contribution in [0.15, 0.2) is 35.9 Å². The summed E-state index contributed by atoms with van der Waals surface area (Å²) in [5.41, 5.74) is 1.25. The molecule has 0 saturated heterocycles. The summed E-state index contributed by atoms with van der Waals surface area (Å²) in [6.07, 6.45) is 0. The fourth-order valence-electron chi connectivity index (χ4n) is 1.49. The van der Waals surface area contributed by atoms with E-state index in [4.69, 9.17) is 0 Å². The van der Waals surface area contributed by atoms with Gasteiger partial charge in [-0.3, -0.25) is 0 Å². The van der Waals surface area contributed by atoms with Gasteiger partial charge in [-0.05, 0) is 26.9 Å². The van der Waals surface area contributed by atoms with Crippen LogP contribution in [0.4, 0.5) is 0 Å². The highest BCUT2D eigenvalue weighted by atomic mass is 79.9. The lowest BCUT2D eigenvalue weighted by molar-refractivity contribution is -0.129. The van der Waals surface area contributed by atoms with E-state index in [1.165, 1.54) is 0 Å². The van der Waals surface area contributed by atoms with Crippen LogP contribution in [-0.2, 0) is 8.62 Å². The maximum atomic E-state index is 11.8. The van der Waals surface area contributed by atoms with E-state index >= 15 is 0 Å². The average Bonchev–Trinajstić information content (AvgIpc) is 2.28. The number of hydrogen-bond acceptors (Lipinski definition) is 2. The normalized spacial score (nSPS) is 13.0. The second-order valence-electron chi connectivity index (χ2n) is 4.67. The van der Waals surface area contributed by atoms with Gasteiger partial charge in [-0.25, -0.2) is 4.79 Å². The van der Waals surface area contributed by atoms with E-state index in [1.54, 1.807) is 0 Å². The first-order valence-corrected chi connectivity index (χ1v) is 6.60. The highest BCUT2D eigenvalue weighted by molar-refractivity contribution is 9.15. The molecule has 0 saturated carbocycles. The number of hydrogen-bond donors (Lipinski definition) is 0. The lowest BCUT2D eigenvalue weighted by Gasteiger charge is -2.22. The Hall–Kier alpha value is -0.610. The van der Waals surface area contributed by atoms with E-state index in [0.29, 0.717) is 5.57 Å². The first kappa shape index (κ1) is 14.5. The fraction of sp³-hybridized carbons (Fsp3) is 0.308. The van der Waals surface area contributed by atoms with Crippen LogP contribution in [0.1, 0.15) is 26.3 Å². The molecule has 0 aliphatic carbocycles. The maximum absolute atomic E-state index is 11.8. The van der Waals surface area contributed by atoms with E-state index in [9.17, 15) is 4.79 Å². The van der Waals surface area contributed by atoms with E-state index < -0.39 is 0 Å². The van der Waals surface area contributed by atoms with Crippen molar-refractivity contribution < 1.29 is 8.62 Å². The molecule has 0 heterocycles. The van der Waals surface area contributed by atoms with Gasteiger partial charge in [0.05, 0.1) is 5.57 Å². The second-order valence-corrected chi connectivity index (χ2v) is 5.79. The van der Waals surface area contributed by atoms with Crippen molar-refractivity contribution in [3.05, 3.63) is 41.5 Å². The van der Waals surface area contributed by atoms with Gasteiger partial charge in [-0.2, -0.15) is 0 Å². The van der Waals surface area contributed by atoms with Crippen molar-refractivity contribution in [3.63, 3.8) is 0 Å². The first-order chi connectivity index (χ1) is 7.88. The molecule has 1 aromatic carbocycles. The quantitative estimate of drug-likeness (QED) is 0.714. The van der Waals surface area contributed by atoms with Crippen LogP contribution < -0.4 is 0 Å². The molecule has 0 N–H and O–H groups in total. The van der Waals surface area contributed by atoms with Crippen LogP contribution >= 0.6 is 32.2 Å². The Labute approximate surface area is 119 Å². The molecule has 0 spiro atoms. The summed E-state index contributed by atoms with van der Waals surface area (Å²) < 4.78 is 5.43. The molecule has 0 fully saturated rings. The Bertz CT molecular complexity index is 430. The number of carbonyl (C=O) groups is 1. The highest BCUT2D eigenvalue weighted by Gasteiger charge is 2.28. The first-order valence-electron chi connectivity index (χ1n) is 5.16. The summed E-state index contributed by atoms with van der Waals surface area (Å²) >= 11 is 6.23. The number of halogens is 2. The number of rotatable bonds is 2. The third-order valence-electron chi connectivity index (χ3n) is 2.27. The minimum absolute atomic E-state index is 0.306. The van der Waals surface area contributed by atoms with Gasteiger partial charge in [0.2, 0.25) is 0 Å². The zero-order chi connectivity index (χ0) is 13.1. The topological polar surface area (TPSA) is 26.3 Å². The molecule has 1 aromatic rings. The van der Waals surface area contributed by atoms with Gasteiger partial charge in [-0.15, -0.1) is 0 Å². The minimum atomic E-state index is -0.381. The van der Waals surface area contributed by atoms with Crippen molar-refractivity contribution in [2.24, 2.45) is 5.41 Å². The lowest BCUT2D eigenvalue weighted by atomic mass is 9.85. The Morgan fingerprint density at radius 1 is 1.18 bits per heavy atom. The highest BCUT2D eigenvalue weighted by Crippen LogP contribution is 2.37. The second kappa shape index (κ2) is 5.83. The van der Waals surface area contributed by atoms with Gasteiger partial charge in [0.15, 0.2) is 16.3 Å². The molecule has 0 atom stereocenters. The molecular weight excluding hydrogens is 348 g/mol. The van der Waals surface area contributed by atoms with Gasteiger partial charge in [-0.1, -0.05) is 51.1 Å². The largest absolute Gasteiger partial charge is 0.380 e. The van der Waals surface area contributed by atoms with Crippen molar-refractivity contribution in [2.45, 2.75) is 20.8 Å². The van der Waals surface area contributed by atoms with Gasteiger partial charge < -0.3 is 3.83 Å². The van der Waals surface area contributed by atoms with Crippen molar-refractivity contribution in [2.75, 3.05) is 0 Å². The van der Waals surface area contributed by atoms with E-state index in [1.807, 2.05) is 51.1 Å². The molecule has 0 aliphatic rings. The third kappa shape index (κ3) is 3.68. The van der Waals surface area contributed by atoms with Crippen LogP contribution in [0.2, 0.25) is 0 Å². The van der Waals surface area contributed by atoms with Crippen molar-refractivity contribution in [1.82, 2.24) is 0 Å². The SMILES string of the molecule is CC(C)(C)C(C(=O)OBr)=C(Br)c1ccccc1. The molecule has 0 aromatic heterocycles. The predicted octanol–water partition coefficient (Wildman–Crippen LogP) is 4.69. The molecule has 0 radical (unpaired) electrons. The van der Waals surface area contributed by atoms with Crippen LogP contribution in [0.3, 0.4) is 0 Å². The molecule has 0 unspecified atom stereocenters. The van der Waals surface area contributed by atoms with Gasteiger partial charge >= 0.3 is 5.97 Å². The summed E-state index contributed by atoms with van der Waals surface area (Å²) in [4.78, 5) is 11.8. The Balaban J connectivity index is 3.35. The van der Waals surface area contributed by atoms with E-state index in [0.717, 1.165) is 10.0 Å². The molecular formula is C13H14Br2O2. The Morgan fingerprint density at radius 2 is 1.71 bits per heavy atom. The summed E-state index contributed by atoms with van der Waals surface area (Å²) in [5, 5.41) is 0. The molecule has 0 bridgehead atoms. The lowest BCUT2D eigenvalue weighted by Crippen LogP contribution is -2.19. The summed E-state index contributed by atoms with van der Waals surface area (Å²) in [6.45, 7) is 5.91. The van der Waals surface area contributed by atoms with E-state index in [2.05, 4.69) is 36.0 Å². The van der Waals surface area contributed by atoms with Gasteiger partial charge in [0.1, 0.15) is 0 Å². The third-order valence-corrected chi connectivity index (χ3v) is 3.42. The maximum Gasteiger partial charge on any atom is 0.347 e. The molecule has 92 valence electrons. The number of carbonyl (C=O) groups excluding carboxylic acids is 1. The van der Waals surface area contributed by atoms with Crippen LogP contribution in [-0.4, -0.2) is 5.97 Å². The van der Waals surface area contributed by atoms with E-state index in [-0.39, 0.29) is 11.4 Å². The van der Waals surface area contributed by atoms with Gasteiger partial charge in [0.25, 0.3) is 0 Å². The van der Waals surface area contributed by atoms with Crippen LogP contribution in [0, 0.1) is 5.41 Å². The standard InChI is InChI=1S/C13H14Br2O2/c1-13(2,3)10(12(16)17-15)11(14)9-7-5-4-6-8-9/h4-8H,1-3H3. The molecule has 1 rings (SSSR count). The minimum Gasteiger partial charge on any atom is -0.380 e. The monoisotopic (exact) mass is 360 g/mol. The van der Waals surface area contributed by atoms with Gasteiger partial charge in [0, 0.05) is 4.48 Å². The molecule has 0 aliphatic heterocycles. The molecule has 17 heavy (non-hydrogen) atoms. The zero-order valence-corrected chi connectivity index (χ0v) is 13.1. The van der Waals surface area contributed by atoms with Crippen LogP contribution in [0.25, 0.3) is 4.48 Å². The zero-order valence-electron chi connectivity index (χ0n) is 9.96. The number of benzene rings is 1. The van der Waals surface area contributed by atoms with Crippen molar-refractivity contribution in [1.29, 1.82) is 0 Å². The molecule has 4 heteroatoms. The fourth-order valence-corrected chi connectivity index (χ4v) is 2.68. The smallest absolute Gasteiger partial charge is 0.347 e. The summed E-state index contributed by atoms with van der Waals surface area (Å²) in [7, 11) is 0. The Morgan fingerprint density at radius 3 is 2.12 bits per heavy atom.